The molecule has 2 heterocycles. The van der Waals surface area contributed by atoms with Gasteiger partial charge in [-0.05, 0) is 25.1 Å². The van der Waals surface area contributed by atoms with Crippen molar-refractivity contribution in [3.05, 3.63) is 18.2 Å². The fraction of sp³-hybridized carbons (Fsp3) is 0.529. The highest BCUT2D eigenvalue weighted by molar-refractivity contribution is 7.89. The second-order valence-corrected chi connectivity index (χ2v) is 8.17. The molecule has 27 heavy (non-hydrogen) atoms. The van der Waals surface area contributed by atoms with Gasteiger partial charge in [-0.25, -0.2) is 13.1 Å². The van der Waals surface area contributed by atoms with Crippen LogP contribution in [0.2, 0.25) is 0 Å². The number of sulfonamides is 1. The molecule has 1 N–H and O–H groups in total. The van der Waals surface area contributed by atoms with Gasteiger partial charge in [0, 0.05) is 25.8 Å². The highest BCUT2D eigenvalue weighted by atomic mass is 32.2. The molecule has 1 aromatic carbocycles. The molecule has 2 fully saturated rings. The predicted molar refractivity (Wildman–Crippen MR) is 94.8 cm³/mol. The quantitative estimate of drug-likeness (QED) is 0.676. The van der Waals surface area contributed by atoms with E-state index in [1.807, 2.05) is 0 Å². The first-order valence-electron chi connectivity index (χ1n) is 8.57. The van der Waals surface area contributed by atoms with E-state index in [1.54, 1.807) is 6.92 Å². The molecule has 148 valence electrons. The van der Waals surface area contributed by atoms with Crippen LogP contribution in [0.15, 0.2) is 23.1 Å². The Morgan fingerprint density at radius 3 is 2.41 bits per heavy atom. The molecule has 0 aromatic heterocycles. The Bertz CT molecular complexity index is 831. The van der Waals surface area contributed by atoms with Gasteiger partial charge in [-0.15, -0.1) is 0 Å². The summed E-state index contributed by atoms with van der Waals surface area (Å²) in [4.78, 5) is 24.7. The van der Waals surface area contributed by atoms with Crippen molar-refractivity contribution in [1.82, 2.24) is 4.72 Å². The summed E-state index contributed by atoms with van der Waals surface area (Å²) >= 11 is 0. The first-order chi connectivity index (χ1) is 12.8. The maximum atomic E-state index is 12.8. The summed E-state index contributed by atoms with van der Waals surface area (Å²) in [6.45, 7) is 2.78. The van der Waals surface area contributed by atoms with E-state index in [0.717, 1.165) is 4.90 Å². The van der Waals surface area contributed by atoms with E-state index >= 15 is 0 Å². The lowest BCUT2D eigenvalue weighted by Crippen LogP contribution is -2.34. The molecule has 0 radical (unpaired) electrons. The van der Waals surface area contributed by atoms with Crippen LogP contribution in [0.4, 0.5) is 5.69 Å². The smallest absolute Gasteiger partial charge is 0.244 e. The standard InChI is InChI=1S/C17H22N2O7S/c1-17(25-9-10-26-17)7-8-18-27(22,23)14-11-12(3-4-13(14)24-2)19-15(20)5-6-16(19)21/h3-4,11,18H,5-10H2,1-2H3. The first kappa shape index (κ1) is 19.7. The number of amides is 2. The molecule has 0 aliphatic carbocycles. The third-order valence-electron chi connectivity index (χ3n) is 4.52. The fourth-order valence-electron chi connectivity index (χ4n) is 3.07. The normalized spacial score (nSPS) is 19.7. The molecule has 0 unspecified atom stereocenters. The van der Waals surface area contributed by atoms with E-state index in [0.29, 0.717) is 19.6 Å². The van der Waals surface area contributed by atoms with Crippen LogP contribution in [0.1, 0.15) is 26.2 Å². The summed E-state index contributed by atoms with van der Waals surface area (Å²) in [5, 5.41) is 0. The molecule has 2 aliphatic heterocycles. The van der Waals surface area contributed by atoms with Gasteiger partial charge < -0.3 is 14.2 Å². The zero-order valence-electron chi connectivity index (χ0n) is 15.2. The first-order valence-corrected chi connectivity index (χ1v) is 10.1. The highest BCUT2D eigenvalue weighted by Crippen LogP contribution is 2.31. The monoisotopic (exact) mass is 398 g/mol. The van der Waals surface area contributed by atoms with Crippen LogP contribution < -0.4 is 14.4 Å². The number of carbonyl (C=O) groups is 2. The molecule has 2 saturated heterocycles. The number of hydrogen-bond acceptors (Lipinski definition) is 7. The largest absolute Gasteiger partial charge is 0.495 e. The number of imide groups is 1. The zero-order valence-corrected chi connectivity index (χ0v) is 16.0. The molecule has 3 rings (SSSR count). The van der Waals surface area contributed by atoms with Crippen molar-refractivity contribution in [3.63, 3.8) is 0 Å². The average Bonchev–Trinajstić information content (AvgIpc) is 3.20. The highest BCUT2D eigenvalue weighted by Gasteiger charge is 2.33. The minimum atomic E-state index is -3.94. The maximum Gasteiger partial charge on any atom is 0.244 e. The topological polar surface area (TPSA) is 111 Å². The van der Waals surface area contributed by atoms with Gasteiger partial charge in [0.25, 0.3) is 0 Å². The summed E-state index contributed by atoms with van der Waals surface area (Å²) < 4.78 is 44.1. The maximum absolute atomic E-state index is 12.8. The molecular formula is C17H22N2O7S. The van der Waals surface area contributed by atoms with E-state index in [2.05, 4.69) is 4.72 Å². The number of ether oxygens (including phenoxy) is 3. The number of anilines is 1. The molecular weight excluding hydrogens is 376 g/mol. The molecule has 9 nitrogen and oxygen atoms in total. The van der Waals surface area contributed by atoms with Gasteiger partial charge >= 0.3 is 0 Å². The Balaban J connectivity index is 1.81. The SMILES string of the molecule is COc1ccc(N2C(=O)CCC2=O)cc1S(=O)(=O)NCCC1(C)OCCO1. The van der Waals surface area contributed by atoms with Crippen LogP contribution in [0.25, 0.3) is 0 Å². The van der Waals surface area contributed by atoms with Crippen LogP contribution in [0.3, 0.4) is 0 Å². The number of benzene rings is 1. The third-order valence-corrected chi connectivity index (χ3v) is 6.00. The average molecular weight is 398 g/mol. The lowest BCUT2D eigenvalue weighted by Gasteiger charge is -2.22. The second-order valence-electron chi connectivity index (χ2n) is 6.44. The van der Waals surface area contributed by atoms with E-state index in [9.17, 15) is 18.0 Å². The van der Waals surface area contributed by atoms with Crippen LogP contribution in [-0.2, 0) is 29.1 Å². The Labute approximate surface area is 157 Å². The van der Waals surface area contributed by atoms with Gasteiger partial charge in [0.2, 0.25) is 21.8 Å². The Hall–Kier alpha value is -2.01. The van der Waals surface area contributed by atoms with Crippen LogP contribution in [-0.4, -0.2) is 52.9 Å². The Kier molecular flexibility index (Phi) is 5.52. The Morgan fingerprint density at radius 1 is 1.19 bits per heavy atom. The number of rotatable bonds is 7. The van der Waals surface area contributed by atoms with Gasteiger partial charge in [-0.1, -0.05) is 0 Å². The third kappa shape index (κ3) is 4.13. The van der Waals surface area contributed by atoms with Crippen molar-refractivity contribution in [2.24, 2.45) is 0 Å². The molecule has 1 aromatic rings. The van der Waals surface area contributed by atoms with Crippen LogP contribution in [0.5, 0.6) is 5.75 Å². The molecule has 10 heteroatoms. The van der Waals surface area contributed by atoms with E-state index in [1.165, 1.54) is 25.3 Å². The van der Waals surface area contributed by atoms with E-state index in [-0.39, 0.29) is 47.5 Å². The second kappa shape index (κ2) is 7.55. The van der Waals surface area contributed by atoms with Gasteiger partial charge in [-0.3, -0.25) is 14.5 Å². The summed E-state index contributed by atoms with van der Waals surface area (Å²) in [5.41, 5.74) is 0.207. The summed E-state index contributed by atoms with van der Waals surface area (Å²) in [6, 6.07) is 4.18. The van der Waals surface area contributed by atoms with Crippen molar-refractivity contribution >= 4 is 27.5 Å². The molecule has 0 spiro atoms. The van der Waals surface area contributed by atoms with Crippen molar-refractivity contribution in [3.8, 4) is 5.75 Å². The fourth-order valence-corrected chi connectivity index (χ4v) is 4.29. The van der Waals surface area contributed by atoms with Crippen molar-refractivity contribution in [2.45, 2.75) is 36.9 Å². The zero-order chi connectivity index (χ0) is 19.7. The number of methoxy groups -OCH3 is 1. The van der Waals surface area contributed by atoms with Crippen LogP contribution in [0, 0.1) is 0 Å². The van der Waals surface area contributed by atoms with Gasteiger partial charge in [0.15, 0.2) is 5.79 Å². The lowest BCUT2D eigenvalue weighted by atomic mass is 10.2. The minimum absolute atomic E-state index is 0.0911. The van der Waals surface area contributed by atoms with E-state index < -0.39 is 15.8 Å². The van der Waals surface area contributed by atoms with Crippen LogP contribution >= 0.6 is 0 Å². The number of nitrogens with zero attached hydrogens (tertiary/aromatic N) is 1. The Morgan fingerprint density at radius 2 is 1.81 bits per heavy atom. The van der Waals surface area contributed by atoms with Crippen molar-refractivity contribution < 1.29 is 32.2 Å². The van der Waals surface area contributed by atoms with Gasteiger partial charge in [0.1, 0.15) is 10.6 Å². The van der Waals surface area contributed by atoms with E-state index in [4.69, 9.17) is 14.2 Å². The van der Waals surface area contributed by atoms with Crippen molar-refractivity contribution in [2.75, 3.05) is 31.8 Å². The minimum Gasteiger partial charge on any atom is -0.495 e. The summed E-state index contributed by atoms with van der Waals surface area (Å²) in [5.74, 6) is -1.41. The molecule has 0 bridgehead atoms. The molecule has 2 aliphatic rings. The molecule has 0 atom stereocenters. The van der Waals surface area contributed by atoms with Gasteiger partial charge in [-0.2, -0.15) is 0 Å². The van der Waals surface area contributed by atoms with Gasteiger partial charge in [0.05, 0.1) is 26.0 Å². The number of hydrogen-bond donors (Lipinski definition) is 1. The summed E-state index contributed by atoms with van der Waals surface area (Å²) in [6.07, 6.45) is 0.560. The molecule has 2 amide bonds. The molecule has 0 saturated carbocycles. The predicted octanol–water partition coefficient (Wildman–Crippen LogP) is 0.780. The lowest BCUT2D eigenvalue weighted by molar-refractivity contribution is -0.145. The van der Waals surface area contributed by atoms with Crippen molar-refractivity contribution in [1.29, 1.82) is 0 Å². The summed E-state index contributed by atoms with van der Waals surface area (Å²) in [7, 11) is -2.60. The number of carbonyl (C=O) groups excluding carboxylic acids is 2. The number of nitrogens with one attached hydrogen (secondary N) is 1.